The third kappa shape index (κ3) is 10.2. The number of benzene rings is 3. The second-order valence-electron chi connectivity index (χ2n) is 8.60. The molecule has 4 N–H and O–H groups in total. The Labute approximate surface area is 227 Å². The van der Waals surface area contributed by atoms with Crippen molar-refractivity contribution in [2.24, 2.45) is 0 Å². The molecule has 9 nitrogen and oxygen atoms in total. The van der Waals surface area contributed by atoms with Gasteiger partial charge in [-0.25, -0.2) is 9.59 Å². The number of unbranched alkanes of at least 4 members (excludes halogenated alkanes) is 2. The van der Waals surface area contributed by atoms with Crippen molar-refractivity contribution in [3.05, 3.63) is 83.9 Å². The number of esters is 3. The minimum absolute atomic E-state index is 0.0450. The number of hydrogen-bond donors (Lipinski definition) is 2. The molecule has 0 saturated carbocycles. The molecule has 39 heavy (non-hydrogen) atoms. The first-order chi connectivity index (χ1) is 18.8. The van der Waals surface area contributed by atoms with Crippen LogP contribution in [0.2, 0.25) is 0 Å². The topological polar surface area (TPSA) is 140 Å². The maximum atomic E-state index is 12.2. The van der Waals surface area contributed by atoms with Gasteiger partial charge in [-0.3, -0.25) is 4.79 Å². The highest BCUT2D eigenvalue weighted by Crippen LogP contribution is 2.19. The number of hydrogen-bond acceptors (Lipinski definition) is 9. The Morgan fingerprint density at radius 1 is 0.769 bits per heavy atom. The minimum Gasteiger partial charge on any atom is -0.490 e. The van der Waals surface area contributed by atoms with E-state index in [1.807, 2.05) is 0 Å². The Morgan fingerprint density at radius 2 is 1.38 bits per heavy atom. The van der Waals surface area contributed by atoms with Crippen LogP contribution in [0.25, 0.3) is 6.08 Å². The number of ether oxygens (including phenoxy) is 4. The van der Waals surface area contributed by atoms with E-state index in [1.165, 1.54) is 18.2 Å². The lowest BCUT2D eigenvalue weighted by molar-refractivity contribution is -0.134. The van der Waals surface area contributed by atoms with Crippen LogP contribution in [-0.2, 0) is 14.3 Å². The lowest BCUT2D eigenvalue weighted by atomic mass is 10.2. The van der Waals surface area contributed by atoms with Gasteiger partial charge in [-0.15, -0.1) is 0 Å². The zero-order valence-corrected chi connectivity index (χ0v) is 21.8. The molecule has 0 spiro atoms. The molecule has 3 aromatic rings. The summed E-state index contributed by atoms with van der Waals surface area (Å²) in [7, 11) is 0. The lowest BCUT2D eigenvalue weighted by Gasteiger charge is -2.08. The van der Waals surface area contributed by atoms with E-state index < -0.39 is 11.9 Å². The summed E-state index contributed by atoms with van der Waals surface area (Å²) in [6, 6.07) is 17.8. The van der Waals surface area contributed by atoms with Gasteiger partial charge in [-0.2, -0.15) is 0 Å². The van der Waals surface area contributed by atoms with Crippen molar-refractivity contribution in [1.82, 2.24) is 0 Å². The van der Waals surface area contributed by atoms with Crippen molar-refractivity contribution in [3.63, 3.8) is 0 Å². The van der Waals surface area contributed by atoms with Crippen LogP contribution < -0.4 is 25.7 Å². The van der Waals surface area contributed by atoms with E-state index in [-0.39, 0.29) is 24.7 Å². The fourth-order valence-electron chi connectivity index (χ4n) is 3.44. The van der Waals surface area contributed by atoms with Gasteiger partial charge in [-0.05, 0) is 72.7 Å². The molecular formula is C30H32N2O7. The molecule has 0 aliphatic carbocycles. The number of carbonyl (C=O) groups is 3. The molecule has 0 aliphatic heterocycles. The van der Waals surface area contributed by atoms with E-state index in [1.54, 1.807) is 60.7 Å². The van der Waals surface area contributed by atoms with E-state index >= 15 is 0 Å². The Kier molecular flexibility index (Phi) is 10.9. The minimum atomic E-state index is -0.552. The van der Waals surface area contributed by atoms with Gasteiger partial charge in [0.2, 0.25) is 0 Å². The van der Waals surface area contributed by atoms with Gasteiger partial charge >= 0.3 is 17.9 Å². The Hall–Kier alpha value is -4.79. The van der Waals surface area contributed by atoms with Crippen molar-refractivity contribution in [1.29, 1.82) is 0 Å². The van der Waals surface area contributed by atoms with Gasteiger partial charge in [0, 0.05) is 23.9 Å². The summed E-state index contributed by atoms with van der Waals surface area (Å²) in [5.74, 6) is -0.0652. The third-order valence-corrected chi connectivity index (χ3v) is 5.35. The predicted octanol–water partition coefficient (Wildman–Crippen LogP) is 5.19. The van der Waals surface area contributed by atoms with Gasteiger partial charge in [-0.1, -0.05) is 31.9 Å². The SMILES string of the molecule is CCCCCC(=O)Oc1ccc(OC(=O)C=Cc2ccc(OCCOC(=O)c3cc(N)cc(N)c3)cc2)cc1. The van der Waals surface area contributed by atoms with Crippen molar-refractivity contribution < 1.29 is 33.3 Å². The molecule has 0 amide bonds. The van der Waals surface area contributed by atoms with E-state index in [2.05, 4.69) is 6.92 Å². The summed E-state index contributed by atoms with van der Waals surface area (Å²) < 4.78 is 21.3. The zero-order chi connectivity index (χ0) is 28.0. The van der Waals surface area contributed by atoms with E-state index in [0.717, 1.165) is 24.8 Å². The quantitative estimate of drug-likeness (QED) is 0.1000. The van der Waals surface area contributed by atoms with Gasteiger partial charge < -0.3 is 30.4 Å². The lowest BCUT2D eigenvalue weighted by Crippen LogP contribution is -2.13. The van der Waals surface area contributed by atoms with Crippen LogP contribution in [-0.4, -0.2) is 31.1 Å². The van der Waals surface area contributed by atoms with Crippen molar-refractivity contribution >= 4 is 35.4 Å². The average molecular weight is 533 g/mol. The first-order valence-electron chi connectivity index (χ1n) is 12.6. The molecule has 0 aliphatic rings. The molecule has 0 radical (unpaired) electrons. The summed E-state index contributed by atoms with van der Waals surface area (Å²) in [6.07, 6.45) is 6.10. The standard InChI is InChI=1S/C30H32N2O7/c1-2-3-4-5-28(33)38-26-11-13-27(14-12-26)39-29(34)15-8-21-6-9-25(10-7-21)36-16-17-37-30(35)22-18-23(31)20-24(32)19-22/h6-15,18-20H,2-5,16-17,31-32H2,1H3. The van der Waals surface area contributed by atoms with Crippen molar-refractivity contribution in [2.45, 2.75) is 32.6 Å². The highest BCUT2D eigenvalue weighted by molar-refractivity contribution is 5.91. The van der Waals surface area contributed by atoms with Gasteiger partial charge in [0.15, 0.2) is 0 Å². The summed E-state index contributed by atoms with van der Waals surface area (Å²) in [5, 5.41) is 0. The average Bonchev–Trinajstić information content (AvgIpc) is 2.91. The van der Waals surface area contributed by atoms with Crippen molar-refractivity contribution in [3.8, 4) is 17.2 Å². The second-order valence-corrected chi connectivity index (χ2v) is 8.60. The number of nitrogens with two attached hydrogens (primary N) is 2. The summed E-state index contributed by atoms with van der Waals surface area (Å²) >= 11 is 0. The van der Waals surface area contributed by atoms with E-state index in [4.69, 9.17) is 30.4 Å². The number of carbonyl (C=O) groups excluding carboxylic acids is 3. The van der Waals surface area contributed by atoms with Crippen molar-refractivity contribution in [2.75, 3.05) is 24.7 Å². The molecule has 0 unspecified atom stereocenters. The fourth-order valence-corrected chi connectivity index (χ4v) is 3.44. The zero-order valence-electron chi connectivity index (χ0n) is 21.8. The highest BCUT2D eigenvalue weighted by Gasteiger charge is 2.09. The van der Waals surface area contributed by atoms with Crippen LogP contribution in [0.4, 0.5) is 11.4 Å². The van der Waals surface area contributed by atoms with Crippen LogP contribution in [0, 0.1) is 0 Å². The van der Waals surface area contributed by atoms with Crippen LogP contribution in [0.5, 0.6) is 17.2 Å². The van der Waals surface area contributed by atoms with Gasteiger partial charge in [0.1, 0.15) is 30.5 Å². The molecule has 0 bridgehead atoms. The summed E-state index contributed by atoms with van der Waals surface area (Å²) in [6.45, 7) is 2.27. The number of rotatable bonds is 13. The normalized spacial score (nSPS) is 10.7. The van der Waals surface area contributed by atoms with Gasteiger partial charge in [0.25, 0.3) is 0 Å². The van der Waals surface area contributed by atoms with Crippen LogP contribution in [0.15, 0.2) is 72.8 Å². The molecule has 0 saturated heterocycles. The monoisotopic (exact) mass is 532 g/mol. The van der Waals surface area contributed by atoms with E-state index in [0.29, 0.717) is 35.0 Å². The molecule has 0 aromatic heterocycles. The van der Waals surface area contributed by atoms with Crippen LogP contribution in [0.3, 0.4) is 0 Å². The first kappa shape index (κ1) is 28.8. The largest absolute Gasteiger partial charge is 0.490 e. The molecule has 3 aromatic carbocycles. The Bertz CT molecular complexity index is 1270. The maximum Gasteiger partial charge on any atom is 0.338 e. The fraction of sp³-hybridized carbons (Fsp3) is 0.233. The molecule has 0 heterocycles. The molecule has 204 valence electrons. The molecule has 0 fully saturated rings. The maximum absolute atomic E-state index is 12.2. The van der Waals surface area contributed by atoms with E-state index in [9.17, 15) is 14.4 Å². The number of nitrogen functional groups attached to an aromatic ring is 2. The highest BCUT2D eigenvalue weighted by atomic mass is 16.6. The third-order valence-electron chi connectivity index (χ3n) is 5.35. The Balaban J connectivity index is 1.38. The van der Waals surface area contributed by atoms with Crippen LogP contribution in [0.1, 0.15) is 48.5 Å². The summed E-state index contributed by atoms with van der Waals surface area (Å²) in [5.41, 5.74) is 13.2. The molecular weight excluding hydrogens is 500 g/mol. The summed E-state index contributed by atoms with van der Waals surface area (Å²) in [4.78, 5) is 36.0. The second kappa shape index (κ2) is 14.8. The molecule has 9 heteroatoms. The smallest absolute Gasteiger partial charge is 0.338 e. The molecule has 3 rings (SSSR count). The molecule has 0 atom stereocenters. The number of anilines is 2. The predicted molar refractivity (Wildman–Crippen MR) is 148 cm³/mol. The van der Waals surface area contributed by atoms with Gasteiger partial charge in [0.05, 0.1) is 5.56 Å². The van der Waals surface area contributed by atoms with Crippen LogP contribution >= 0.6 is 0 Å². The first-order valence-corrected chi connectivity index (χ1v) is 12.6. The Morgan fingerprint density at radius 3 is 2.03 bits per heavy atom.